The van der Waals surface area contributed by atoms with E-state index in [1.165, 1.54) is 0 Å². The van der Waals surface area contributed by atoms with Crippen LogP contribution in [-0.2, 0) is 0 Å². The van der Waals surface area contributed by atoms with Crippen molar-refractivity contribution in [2.24, 2.45) is 0 Å². The van der Waals surface area contributed by atoms with Gasteiger partial charge in [0.15, 0.2) is 0 Å². The average molecular weight is 233 g/mol. The van der Waals surface area contributed by atoms with Crippen LogP contribution in [0.15, 0.2) is 48.7 Å². The summed E-state index contributed by atoms with van der Waals surface area (Å²) in [6.07, 6.45) is 1.88. The highest BCUT2D eigenvalue weighted by Gasteiger charge is 2.07. The molecule has 0 fully saturated rings. The van der Waals surface area contributed by atoms with Crippen molar-refractivity contribution >= 4 is 10.8 Å². The molecule has 3 rings (SSSR count). The van der Waals surface area contributed by atoms with Crippen LogP contribution in [0.2, 0.25) is 0 Å². The van der Waals surface area contributed by atoms with Crippen molar-refractivity contribution in [3.8, 4) is 11.8 Å². The summed E-state index contributed by atoms with van der Waals surface area (Å²) in [6.45, 7) is 1.93. The molecule has 18 heavy (non-hydrogen) atoms. The molecule has 0 aliphatic heterocycles. The van der Waals surface area contributed by atoms with Crippen LogP contribution < -0.4 is 0 Å². The predicted molar refractivity (Wildman–Crippen MR) is 70.5 cm³/mol. The smallest absolute Gasteiger partial charge is 0.101 e. The molecule has 0 N–H and O–H groups in total. The lowest BCUT2D eigenvalue weighted by molar-refractivity contribution is 0.861. The highest BCUT2D eigenvalue weighted by molar-refractivity contribution is 5.86. The van der Waals surface area contributed by atoms with Gasteiger partial charge in [0.2, 0.25) is 0 Å². The Hall–Kier alpha value is -2.60. The van der Waals surface area contributed by atoms with Gasteiger partial charge in [0.25, 0.3) is 0 Å². The zero-order valence-corrected chi connectivity index (χ0v) is 9.96. The van der Waals surface area contributed by atoms with E-state index in [1.807, 2.05) is 55.6 Å². The third-order valence-corrected chi connectivity index (χ3v) is 2.95. The fourth-order valence-corrected chi connectivity index (χ4v) is 2.06. The Morgan fingerprint density at radius 1 is 1.11 bits per heavy atom. The first-order chi connectivity index (χ1) is 8.78. The molecule has 86 valence electrons. The van der Waals surface area contributed by atoms with Gasteiger partial charge in [-0.05, 0) is 35.9 Å². The summed E-state index contributed by atoms with van der Waals surface area (Å²) in [7, 11) is 0. The molecule has 0 atom stereocenters. The molecule has 3 nitrogen and oxygen atoms in total. The largest absolute Gasteiger partial charge is 0.239 e. The first-order valence-electron chi connectivity index (χ1n) is 5.73. The summed E-state index contributed by atoms with van der Waals surface area (Å²) in [5.41, 5.74) is 2.40. The van der Waals surface area contributed by atoms with Gasteiger partial charge in [0.05, 0.1) is 16.9 Å². The molecule has 0 bridgehead atoms. The summed E-state index contributed by atoms with van der Waals surface area (Å²) in [4.78, 5) is 0. The molecule has 3 heteroatoms. The van der Waals surface area contributed by atoms with Crippen molar-refractivity contribution in [1.82, 2.24) is 9.78 Å². The van der Waals surface area contributed by atoms with Gasteiger partial charge in [-0.15, -0.1) is 0 Å². The van der Waals surface area contributed by atoms with E-state index in [0.29, 0.717) is 5.56 Å². The monoisotopic (exact) mass is 233 g/mol. The fraction of sp³-hybridized carbons (Fsp3) is 0.0667. The molecule has 0 saturated heterocycles. The third-order valence-electron chi connectivity index (χ3n) is 2.95. The second-order valence-electron chi connectivity index (χ2n) is 4.23. The van der Waals surface area contributed by atoms with Crippen molar-refractivity contribution in [2.45, 2.75) is 6.92 Å². The topological polar surface area (TPSA) is 41.6 Å². The number of nitriles is 1. The van der Waals surface area contributed by atoms with E-state index in [1.54, 1.807) is 4.68 Å². The lowest BCUT2D eigenvalue weighted by Gasteiger charge is -2.06. The summed E-state index contributed by atoms with van der Waals surface area (Å²) in [5.74, 6) is 0. The van der Waals surface area contributed by atoms with Gasteiger partial charge in [0, 0.05) is 6.20 Å². The normalized spacial score (nSPS) is 10.4. The Morgan fingerprint density at radius 2 is 1.83 bits per heavy atom. The fourth-order valence-electron chi connectivity index (χ4n) is 2.06. The lowest BCUT2D eigenvalue weighted by Crippen LogP contribution is -1.98. The maximum absolute atomic E-state index is 9.25. The molecule has 0 radical (unpaired) electrons. The molecular weight excluding hydrogens is 222 g/mol. The number of hydrogen-bond acceptors (Lipinski definition) is 2. The van der Waals surface area contributed by atoms with Crippen LogP contribution in [0.3, 0.4) is 0 Å². The van der Waals surface area contributed by atoms with Crippen molar-refractivity contribution in [3.05, 3.63) is 59.9 Å². The molecule has 1 heterocycles. The third kappa shape index (κ3) is 1.64. The minimum Gasteiger partial charge on any atom is -0.239 e. The maximum Gasteiger partial charge on any atom is 0.101 e. The number of hydrogen-bond donors (Lipinski definition) is 0. The zero-order valence-electron chi connectivity index (χ0n) is 9.96. The molecular formula is C15H11N3. The minimum atomic E-state index is 0.636. The van der Waals surface area contributed by atoms with Gasteiger partial charge < -0.3 is 0 Å². The van der Waals surface area contributed by atoms with Crippen molar-refractivity contribution in [1.29, 1.82) is 5.26 Å². The van der Waals surface area contributed by atoms with Gasteiger partial charge in [-0.1, -0.05) is 24.3 Å². The van der Waals surface area contributed by atoms with E-state index in [0.717, 1.165) is 22.2 Å². The lowest BCUT2D eigenvalue weighted by atomic mass is 10.1. The van der Waals surface area contributed by atoms with Crippen LogP contribution in [0, 0.1) is 18.3 Å². The Bertz CT molecular complexity index is 763. The van der Waals surface area contributed by atoms with Crippen LogP contribution in [0.4, 0.5) is 0 Å². The highest BCUT2D eigenvalue weighted by Crippen LogP contribution is 2.22. The van der Waals surface area contributed by atoms with E-state index in [9.17, 15) is 5.26 Å². The first kappa shape index (κ1) is 10.5. The predicted octanol–water partition coefficient (Wildman–Crippen LogP) is 3.21. The van der Waals surface area contributed by atoms with E-state index in [2.05, 4.69) is 11.2 Å². The van der Waals surface area contributed by atoms with Crippen LogP contribution in [0.1, 0.15) is 11.3 Å². The zero-order chi connectivity index (χ0) is 12.5. The standard InChI is InChI=1S/C15H11N3/c1-11-6-7-18(17-11)15-9-13-5-3-2-4-12(13)8-14(15)10-16/h2-9H,1H3. The molecule has 0 aliphatic carbocycles. The Morgan fingerprint density at radius 3 is 2.44 bits per heavy atom. The molecule has 0 saturated carbocycles. The summed E-state index contributed by atoms with van der Waals surface area (Å²) in [5, 5.41) is 15.8. The number of fused-ring (bicyclic) bond motifs is 1. The Kier molecular flexibility index (Phi) is 2.35. The van der Waals surface area contributed by atoms with Gasteiger partial charge in [-0.2, -0.15) is 10.4 Å². The summed E-state index contributed by atoms with van der Waals surface area (Å²) in [6, 6.07) is 16.1. The van der Waals surface area contributed by atoms with E-state index >= 15 is 0 Å². The quantitative estimate of drug-likeness (QED) is 0.647. The van der Waals surface area contributed by atoms with E-state index in [4.69, 9.17) is 0 Å². The van der Waals surface area contributed by atoms with E-state index < -0.39 is 0 Å². The molecule has 2 aromatic carbocycles. The van der Waals surface area contributed by atoms with Crippen LogP contribution in [-0.4, -0.2) is 9.78 Å². The highest BCUT2D eigenvalue weighted by atomic mass is 15.3. The molecule has 1 aromatic heterocycles. The van der Waals surface area contributed by atoms with Gasteiger partial charge >= 0.3 is 0 Å². The number of aryl methyl sites for hydroxylation is 1. The molecule has 0 spiro atoms. The second-order valence-corrected chi connectivity index (χ2v) is 4.23. The summed E-state index contributed by atoms with van der Waals surface area (Å²) < 4.78 is 1.75. The molecule has 0 unspecified atom stereocenters. The summed E-state index contributed by atoms with van der Waals surface area (Å²) >= 11 is 0. The number of rotatable bonds is 1. The molecule has 0 amide bonds. The van der Waals surface area contributed by atoms with Crippen molar-refractivity contribution in [3.63, 3.8) is 0 Å². The Labute approximate surface area is 105 Å². The molecule has 0 aliphatic rings. The minimum absolute atomic E-state index is 0.636. The van der Waals surface area contributed by atoms with Crippen LogP contribution in [0.5, 0.6) is 0 Å². The maximum atomic E-state index is 9.25. The van der Waals surface area contributed by atoms with Crippen molar-refractivity contribution < 1.29 is 0 Å². The SMILES string of the molecule is Cc1ccn(-c2cc3ccccc3cc2C#N)n1. The number of aromatic nitrogens is 2. The molecule has 3 aromatic rings. The first-order valence-corrected chi connectivity index (χ1v) is 5.73. The van der Waals surface area contributed by atoms with Crippen LogP contribution in [0.25, 0.3) is 16.5 Å². The van der Waals surface area contributed by atoms with Gasteiger partial charge in [-0.25, -0.2) is 4.68 Å². The Balaban J connectivity index is 2.31. The average Bonchev–Trinajstić information content (AvgIpc) is 2.83. The number of nitrogens with zero attached hydrogens (tertiary/aromatic N) is 3. The van der Waals surface area contributed by atoms with Crippen molar-refractivity contribution in [2.75, 3.05) is 0 Å². The van der Waals surface area contributed by atoms with Gasteiger partial charge in [0.1, 0.15) is 6.07 Å². The van der Waals surface area contributed by atoms with Crippen LogP contribution >= 0.6 is 0 Å². The second kappa shape index (κ2) is 4.01. The number of benzene rings is 2. The van der Waals surface area contributed by atoms with E-state index in [-0.39, 0.29) is 0 Å². The van der Waals surface area contributed by atoms with Gasteiger partial charge in [-0.3, -0.25) is 0 Å².